The van der Waals surface area contributed by atoms with Crippen LogP contribution in [0.15, 0.2) is 48.8 Å². The third kappa shape index (κ3) is 5.44. The summed E-state index contributed by atoms with van der Waals surface area (Å²) >= 11 is 12.2. The molecule has 2 aromatic carbocycles. The maximum Gasteiger partial charge on any atom is 0.404 e. The first-order valence-electron chi connectivity index (χ1n) is 10.6. The van der Waals surface area contributed by atoms with Gasteiger partial charge in [-0.25, -0.2) is 15.0 Å². The molecular formula is C23H22Cl2N6O4. The number of carbonyl (C=O) groups is 3. The second-order valence-corrected chi connectivity index (χ2v) is 8.70. The van der Waals surface area contributed by atoms with Crippen molar-refractivity contribution in [2.24, 2.45) is 7.05 Å². The smallest absolute Gasteiger partial charge is 0.404 e. The molecule has 10 nitrogen and oxygen atoms in total. The summed E-state index contributed by atoms with van der Waals surface area (Å²) in [5.41, 5.74) is 7.26. The number of nitrogens with one attached hydrogen (secondary N) is 4. The van der Waals surface area contributed by atoms with Crippen molar-refractivity contribution in [2.75, 3.05) is 11.9 Å². The van der Waals surface area contributed by atoms with Crippen LogP contribution in [0, 0.1) is 0 Å². The molecule has 5 N–H and O–H groups in total. The number of halogens is 2. The number of hydrazine groups is 1. The highest BCUT2D eigenvalue weighted by Gasteiger charge is 2.16. The number of fused-ring (bicyclic) bond motifs is 2. The van der Waals surface area contributed by atoms with Gasteiger partial charge in [0.15, 0.2) is 0 Å². The van der Waals surface area contributed by atoms with E-state index in [9.17, 15) is 14.4 Å². The molecule has 0 aliphatic rings. The lowest BCUT2D eigenvalue weighted by atomic mass is 10.2. The van der Waals surface area contributed by atoms with Crippen LogP contribution in [0.25, 0.3) is 21.8 Å². The summed E-state index contributed by atoms with van der Waals surface area (Å²) in [4.78, 5) is 35.9. The molecule has 0 radical (unpaired) electrons. The second kappa shape index (κ2) is 10.2. The third-order valence-corrected chi connectivity index (χ3v) is 5.90. The van der Waals surface area contributed by atoms with Gasteiger partial charge in [0.25, 0.3) is 5.91 Å². The third-order valence-electron chi connectivity index (χ3n) is 5.43. The van der Waals surface area contributed by atoms with Gasteiger partial charge in [0, 0.05) is 58.9 Å². The van der Waals surface area contributed by atoms with Crippen LogP contribution in [0.1, 0.15) is 16.8 Å². The summed E-state index contributed by atoms with van der Waals surface area (Å²) in [6.07, 6.45) is 2.86. The van der Waals surface area contributed by atoms with E-state index in [0.29, 0.717) is 45.0 Å². The van der Waals surface area contributed by atoms with Gasteiger partial charge in [-0.3, -0.25) is 10.2 Å². The maximum absolute atomic E-state index is 12.7. The highest BCUT2D eigenvalue weighted by molar-refractivity contribution is 6.32. The molecule has 182 valence electrons. The van der Waals surface area contributed by atoms with Gasteiger partial charge in [-0.2, -0.15) is 0 Å². The molecule has 0 atom stereocenters. The molecule has 4 aromatic rings. The number of aryl methyl sites for hydroxylation is 2. The van der Waals surface area contributed by atoms with Gasteiger partial charge >= 0.3 is 12.1 Å². The SMILES string of the molecule is Cn1cc(C(=O)NNC(=O)Nc2cn(CCCNC(=O)O)c3ccc(Cl)cc23)c2cc(Cl)ccc21. The van der Waals surface area contributed by atoms with E-state index >= 15 is 0 Å². The molecule has 2 aromatic heterocycles. The number of hydrogen-bond donors (Lipinski definition) is 5. The number of rotatable bonds is 6. The van der Waals surface area contributed by atoms with E-state index in [0.717, 1.165) is 11.0 Å². The predicted octanol–water partition coefficient (Wildman–Crippen LogP) is 4.56. The summed E-state index contributed by atoms with van der Waals surface area (Å²) in [6, 6.07) is 9.86. The number of anilines is 1. The van der Waals surface area contributed by atoms with Crippen LogP contribution in [0.3, 0.4) is 0 Å². The van der Waals surface area contributed by atoms with Crippen LogP contribution in [-0.4, -0.2) is 38.8 Å². The van der Waals surface area contributed by atoms with E-state index in [4.69, 9.17) is 28.3 Å². The predicted molar refractivity (Wildman–Crippen MR) is 135 cm³/mol. The Kier molecular flexibility index (Phi) is 7.04. The van der Waals surface area contributed by atoms with Crippen molar-refractivity contribution in [1.29, 1.82) is 0 Å². The molecule has 0 saturated heterocycles. The van der Waals surface area contributed by atoms with Crippen molar-refractivity contribution in [3.63, 3.8) is 0 Å². The minimum absolute atomic E-state index is 0.289. The van der Waals surface area contributed by atoms with Crippen molar-refractivity contribution in [1.82, 2.24) is 25.3 Å². The number of carbonyl (C=O) groups excluding carboxylic acids is 2. The maximum atomic E-state index is 12.7. The summed E-state index contributed by atoms with van der Waals surface area (Å²) in [5.74, 6) is -0.496. The van der Waals surface area contributed by atoms with Crippen LogP contribution in [0.5, 0.6) is 0 Å². The van der Waals surface area contributed by atoms with Gasteiger partial charge in [0.2, 0.25) is 0 Å². The molecule has 12 heteroatoms. The van der Waals surface area contributed by atoms with Crippen molar-refractivity contribution in [3.05, 3.63) is 64.4 Å². The van der Waals surface area contributed by atoms with Gasteiger partial charge in [0.1, 0.15) is 0 Å². The van der Waals surface area contributed by atoms with Crippen molar-refractivity contribution >= 4 is 68.7 Å². The lowest BCUT2D eigenvalue weighted by Crippen LogP contribution is -2.43. The first kappa shape index (κ1) is 24.2. The Labute approximate surface area is 209 Å². The van der Waals surface area contributed by atoms with Gasteiger partial charge in [-0.15, -0.1) is 0 Å². The average Bonchev–Trinajstić information content (AvgIpc) is 3.31. The van der Waals surface area contributed by atoms with Crippen molar-refractivity contribution in [2.45, 2.75) is 13.0 Å². The molecule has 35 heavy (non-hydrogen) atoms. The Morgan fingerprint density at radius 1 is 0.943 bits per heavy atom. The van der Waals surface area contributed by atoms with Crippen molar-refractivity contribution < 1.29 is 19.5 Å². The molecular weight excluding hydrogens is 495 g/mol. The van der Waals surface area contributed by atoms with Gasteiger partial charge < -0.3 is 24.9 Å². The average molecular weight is 517 g/mol. The fourth-order valence-electron chi connectivity index (χ4n) is 3.88. The number of benzene rings is 2. The summed E-state index contributed by atoms with van der Waals surface area (Å²) in [5, 5.41) is 16.1. The van der Waals surface area contributed by atoms with E-state index < -0.39 is 18.0 Å². The Balaban J connectivity index is 1.45. The van der Waals surface area contributed by atoms with Crippen LogP contribution < -0.4 is 21.5 Å². The molecule has 0 fully saturated rings. The topological polar surface area (TPSA) is 129 Å². The highest BCUT2D eigenvalue weighted by atomic mass is 35.5. The van der Waals surface area contributed by atoms with Crippen molar-refractivity contribution in [3.8, 4) is 0 Å². The molecule has 0 spiro atoms. The number of urea groups is 1. The Bertz CT molecular complexity index is 1450. The molecule has 0 unspecified atom stereocenters. The normalized spacial score (nSPS) is 10.9. The minimum atomic E-state index is -1.08. The lowest BCUT2D eigenvalue weighted by molar-refractivity contribution is 0.0939. The zero-order valence-electron chi connectivity index (χ0n) is 18.6. The van der Waals surface area contributed by atoms with Crippen LogP contribution in [0.4, 0.5) is 15.3 Å². The zero-order chi connectivity index (χ0) is 25.1. The molecule has 0 saturated carbocycles. The lowest BCUT2D eigenvalue weighted by Gasteiger charge is -2.08. The number of carboxylic acid groups (broad SMARTS) is 1. The Hall–Kier alpha value is -3.89. The number of amides is 4. The molecule has 0 bridgehead atoms. The van der Waals surface area contributed by atoms with E-state index in [-0.39, 0.29) is 6.54 Å². The van der Waals surface area contributed by atoms with Gasteiger partial charge in [-0.1, -0.05) is 23.2 Å². The Morgan fingerprint density at radius 3 is 2.34 bits per heavy atom. The molecule has 0 aliphatic heterocycles. The first-order valence-corrected chi connectivity index (χ1v) is 11.4. The van der Waals surface area contributed by atoms with Gasteiger partial charge in [0.05, 0.1) is 16.8 Å². The van der Waals surface area contributed by atoms with Gasteiger partial charge in [-0.05, 0) is 42.8 Å². The molecule has 2 heterocycles. The van der Waals surface area contributed by atoms with E-state index in [2.05, 4.69) is 21.5 Å². The van der Waals surface area contributed by atoms with E-state index in [1.54, 1.807) is 41.2 Å². The monoisotopic (exact) mass is 516 g/mol. The fraction of sp³-hybridized carbons (Fsp3) is 0.174. The summed E-state index contributed by atoms with van der Waals surface area (Å²) in [7, 11) is 1.81. The second-order valence-electron chi connectivity index (χ2n) is 7.83. The molecule has 0 aliphatic carbocycles. The first-order chi connectivity index (χ1) is 16.7. The van der Waals surface area contributed by atoms with Crippen LogP contribution >= 0.6 is 23.2 Å². The quantitative estimate of drug-likeness (QED) is 0.190. The number of aromatic nitrogens is 2. The molecule has 4 rings (SSSR count). The minimum Gasteiger partial charge on any atom is -0.465 e. The zero-order valence-corrected chi connectivity index (χ0v) is 20.1. The largest absolute Gasteiger partial charge is 0.465 e. The Morgan fingerprint density at radius 2 is 1.63 bits per heavy atom. The summed E-state index contributed by atoms with van der Waals surface area (Å²) in [6.45, 7) is 0.805. The van der Waals surface area contributed by atoms with Crippen LogP contribution in [0.2, 0.25) is 10.0 Å². The van der Waals surface area contributed by atoms with Crippen LogP contribution in [-0.2, 0) is 13.6 Å². The van der Waals surface area contributed by atoms with E-state index in [1.807, 2.05) is 23.7 Å². The molecule has 4 amide bonds. The fourth-order valence-corrected chi connectivity index (χ4v) is 4.22. The van der Waals surface area contributed by atoms with E-state index in [1.165, 1.54) is 0 Å². The number of hydrogen-bond acceptors (Lipinski definition) is 3. The number of nitrogens with zero attached hydrogens (tertiary/aromatic N) is 2. The highest BCUT2D eigenvalue weighted by Crippen LogP contribution is 2.29. The standard InChI is InChI=1S/C23H22Cl2N6O4/c1-30-11-17(15-9-13(24)3-5-19(15)30)21(32)28-29-22(33)27-18-12-31(8-2-7-26-23(34)35)20-6-4-14(25)10-16(18)20/h3-6,9-12,26H,2,7-8H2,1H3,(H,28,32)(H,34,35)(H2,27,29,33). The summed E-state index contributed by atoms with van der Waals surface area (Å²) < 4.78 is 3.69.